The maximum atomic E-state index is 12.6. The normalized spacial score (nSPS) is 19.1. The first kappa shape index (κ1) is 16.0. The molecule has 1 aliphatic carbocycles. The Morgan fingerprint density at radius 3 is 2.24 bits per heavy atom. The van der Waals surface area contributed by atoms with E-state index in [-0.39, 0.29) is 16.3 Å². The Labute approximate surface area is 123 Å². The second kappa shape index (κ2) is 5.76. The number of hydrogen-bond donors (Lipinski definition) is 2. The lowest BCUT2D eigenvalue weighted by atomic mass is 9.92. The molecule has 0 atom stereocenters. The lowest BCUT2D eigenvalue weighted by Gasteiger charge is -2.28. The highest BCUT2D eigenvalue weighted by atomic mass is 32.2. The third kappa shape index (κ3) is 3.11. The molecule has 0 radical (unpaired) electrons. The Hall–Kier alpha value is -1.41. The summed E-state index contributed by atoms with van der Waals surface area (Å²) in [5.41, 5.74) is -1.21. The summed E-state index contributed by atoms with van der Waals surface area (Å²) in [6, 6.07) is 0. The van der Waals surface area contributed by atoms with E-state index in [0.29, 0.717) is 25.7 Å². The van der Waals surface area contributed by atoms with Crippen molar-refractivity contribution < 1.29 is 22.8 Å². The van der Waals surface area contributed by atoms with E-state index in [2.05, 4.69) is 9.88 Å². The lowest BCUT2D eigenvalue weighted by molar-refractivity contribution is -0.144. The van der Waals surface area contributed by atoms with Crippen LogP contribution in [0.15, 0.2) is 9.42 Å². The van der Waals surface area contributed by atoms with E-state index in [0.717, 1.165) is 12.8 Å². The molecule has 1 heterocycles. The molecule has 8 heteroatoms. The molecule has 0 amide bonds. The lowest BCUT2D eigenvalue weighted by Crippen LogP contribution is -2.54. The fourth-order valence-electron chi connectivity index (χ4n) is 2.86. The van der Waals surface area contributed by atoms with Gasteiger partial charge in [-0.25, -0.2) is 8.42 Å². The fourth-order valence-corrected chi connectivity index (χ4v) is 4.61. The number of sulfonamides is 1. The molecule has 2 rings (SSSR count). The van der Waals surface area contributed by atoms with Crippen molar-refractivity contribution in [2.75, 3.05) is 0 Å². The van der Waals surface area contributed by atoms with Gasteiger partial charge in [0.2, 0.25) is 10.0 Å². The third-order valence-corrected chi connectivity index (χ3v) is 5.71. The standard InChI is InChI=1S/C13H20N2O5S/c1-9-11(10(2)20-14-9)21(18,19)15-13(12(16)17)7-5-3-4-6-8-13/h15H,3-8H2,1-2H3,(H,16,17). The van der Waals surface area contributed by atoms with Gasteiger partial charge in [0.25, 0.3) is 0 Å². The Bertz CT molecular complexity index is 607. The van der Waals surface area contributed by atoms with Gasteiger partial charge in [0, 0.05) is 0 Å². The Balaban J connectivity index is 2.38. The van der Waals surface area contributed by atoms with Crippen LogP contribution in [0.4, 0.5) is 0 Å². The maximum absolute atomic E-state index is 12.6. The molecule has 7 nitrogen and oxygen atoms in total. The van der Waals surface area contributed by atoms with Gasteiger partial charge in [-0.05, 0) is 26.7 Å². The van der Waals surface area contributed by atoms with Crippen molar-refractivity contribution in [1.29, 1.82) is 0 Å². The van der Waals surface area contributed by atoms with Crippen molar-refractivity contribution in [3.8, 4) is 0 Å². The van der Waals surface area contributed by atoms with Gasteiger partial charge in [-0.1, -0.05) is 30.8 Å². The zero-order chi connectivity index (χ0) is 15.7. The molecule has 1 aliphatic rings. The molecule has 0 aromatic carbocycles. The fraction of sp³-hybridized carbons (Fsp3) is 0.692. The van der Waals surface area contributed by atoms with E-state index in [9.17, 15) is 18.3 Å². The first-order valence-electron chi connectivity index (χ1n) is 6.99. The van der Waals surface area contributed by atoms with Crippen LogP contribution >= 0.6 is 0 Å². The Kier molecular flexibility index (Phi) is 4.38. The minimum absolute atomic E-state index is 0.0626. The Morgan fingerprint density at radius 1 is 1.24 bits per heavy atom. The van der Waals surface area contributed by atoms with Gasteiger partial charge in [0.1, 0.15) is 16.1 Å². The summed E-state index contributed by atoms with van der Waals surface area (Å²) in [5.74, 6) is -0.964. The van der Waals surface area contributed by atoms with E-state index in [1.165, 1.54) is 13.8 Å². The number of aryl methyl sites for hydroxylation is 2. The number of aliphatic carboxylic acids is 1. The van der Waals surface area contributed by atoms with Crippen molar-refractivity contribution in [3.05, 3.63) is 11.5 Å². The summed E-state index contributed by atoms with van der Waals surface area (Å²) in [7, 11) is -3.98. The van der Waals surface area contributed by atoms with Crippen LogP contribution in [-0.4, -0.2) is 30.2 Å². The zero-order valence-electron chi connectivity index (χ0n) is 12.2. The van der Waals surface area contributed by atoms with Gasteiger partial charge in [0.05, 0.1) is 0 Å². The molecule has 1 fully saturated rings. The zero-order valence-corrected chi connectivity index (χ0v) is 13.0. The van der Waals surface area contributed by atoms with Crippen LogP contribution in [0.5, 0.6) is 0 Å². The quantitative estimate of drug-likeness (QED) is 0.819. The average Bonchev–Trinajstić information content (AvgIpc) is 2.61. The highest BCUT2D eigenvalue weighted by Gasteiger charge is 2.43. The summed E-state index contributed by atoms with van der Waals surface area (Å²) < 4.78 is 32.4. The number of carboxylic acids is 1. The monoisotopic (exact) mass is 316 g/mol. The molecular formula is C13H20N2O5S. The van der Waals surface area contributed by atoms with Crippen LogP contribution < -0.4 is 4.72 Å². The minimum Gasteiger partial charge on any atom is -0.480 e. The van der Waals surface area contributed by atoms with E-state index in [4.69, 9.17) is 4.52 Å². The van der Waals surface area contributed by atoms with Crippen molar-refractivity contribution in [2.45, 2.75) is 62.8 Å². The Morgan fingerprint density at radius 2 is 1.81 bits per heavy atom. The number of nitrogens with one attached hydrogen (secondary N) is 1. The number of hydrogen-bond acceptors (Lipinski definition) is 5. The molecule has 21 heavy (non-hydrogen) atoms. The van der Waals surface area contributed by atoms with Crippen molar-refractivity contribution in [3.63, 3.8) is 0 Å². The van der Waals surface area contributed by atoms with Crippen LogP contribution in [0.2, 0.25) is 0 Å². The van der Waals surface area contributed by atoms with Crippen LogP contribution in [0, 0.1) is 13.8 Å². The van der Waals surface area contributed by atoms with E-state index < -0.39 is 21.5 Å². The van der Waals surface area contributed by atoms with E-state index >= 15 is 0 Å². The van der Waals surface area contributed by atoms with Crippen LogP contribution in [0.25, 0.3) is 0 Å². The van der Waals surface area contributed by atoms with Crippen LogP contribution in [-0.2, 0) is 14.8 Å². The summed E-state index contributed by atoms with van der Waals surface area (Å²) in [4.78, 5) is 11.6. The molecular weight excluding hydrogens is 296 g/mol. The molecule has 118 valence electrons. The van der Waals surface area contributed by atoms with Gasteiger partial charge < -0.3 is 9.63 Å². The molecule has 0 bridgehead atoms. The number of aromatic nitrogens is 1. The summed E-state index contributed by atoms with van der Waals surface area (Å²) >= 11 is 0. The largest absolute Gasteiger partial charge is 0.480 e. The van der Waals surface area contributed by atoms with Crippen LogP contribution in [0.3, 0.4) is 0 Å². The molecule has 0 saturated heterocycles. The first-order chi connectivity index (χ1) is 9.78. The molecule has 0 spiro atoms. The van der Waals surface area contributed by atoms with Gasteiger partial charge in [-0.15, -0.1) is 0 Å². The highest BCUT2D eigenvalue weighted by molar-refractivity contribution is 7.89. The second-order valence-corrected chi connectivity index (χ2v) is 7.18. The number of rotatable bonds is 4. The number of nitrogens with zero attached hydrogens (tertiary/aromatic N) is 1. The van der Waals surface area contributed by atoms with Crippen LogP contribution in [0.1, 0.15) is 50.0 Å². The predicted octanol–water partition coefficient (Wildman–Crippen LogP) is 1.75. The second-order valence-electron chi connectivity index (χ2n) is 5.56. The molecule has 1 aromatic rings. The highest BCUT2D eigenvalue weighted by Crippen LogP contribution is 2.30. The van der Waals surface area contributed by atoms with Crippen molar-refractivity contribution >= 4 is 16.0 Å². The first-order valence-corrected chi connectivity index (χ1v) is 8.47. The van der Waals surface area contributed by atoms with E-state index in [1.54, 1.807) is 0 Å². The van der Waals surface area contributed by atoms with Gasteiger partial charge in [-0.3, -0.25) is 4.79 Å². The maximum Gasteiger partial charge on any atom is 0.324 e. The summed E-state index contributed by atoms with van der Waals surface area (Å²) in [6.45, 7) is 3.01. The smallest absolute Gasteiger partial charge is 0.324 e. The number of carbonyl (C=O) groups is 1. The average molecular weight is 316 g/mol. The molecule has 0 aliphatic heterocycles. The van der Waals surface area contributed by atoms with Crippen molar-refractivity contribution in [2.24, 2.45) is 0 Å². The van der Waals surface area contributed by atoms with Gasteiger partial charge in [0.15, 0.2) is 5.76 Å². The minimum atomic E-state index is -3.98. The van der Waals surface area contributed by atoms with E-state index in [1.807, 2.05) is 0 Å². The molecule has 2 N–H and O–H groups in total. The summed E-state index contributed by atoms with van der Waals surface area (Å²) in [6.07, 6.45) is 3.81. The van der Waals surface area contributed by atoms with Gasteiger partial charge >= 0.3 is 5.97 Å². The SMILES string of the molecule is Cc1noc(C)c1S(=O)(=O)NC1(C(=O)O)CCCCCC1. The van der Waals surface area contributed by atoms with Gasteiger partial charge in [-0.2, -0.15) is 4.72 Å². The topological polar surface area (TPSA) is 110 Å². The molecule has 1 aromatic heterocycles. The summed E-state index contributed by atoms with van der Waals surface area (Å²) in [5, 5.41) is 13.2. The molecule has 0 unspecified atom stereocenters. The molecule has 1 saturated carbocycles. The predicted molar refractivity (Wildman–Crippen MR) is 74.4 cm³/mol. The third-order valence-electron chi connectivity index (χ3n) is 3.93. The number of carboxylic acid groups (broad SMARTS) is 1. The van der Waals surface area contributed by atoms with Crippen molar-refractivity contribution in [1.82, 2.24) is 9.88 Å².